The number of carbonyl (C=O) groups is 2. The van der Waals surface area contributed by atoms with E-state index in [0.717, 1.165) is 5.56 Å². The summed E-state index contributed by atoms with van der Waals surface area (Å²) in [5.41, 5.74) is 1.33. The topological polar surface area (TPSA) is 58.6 Å². The number of rotatable bonds is 5. The second kappa shape index (κ2) is 7.12. The van der Waals surface area contributed by atoms with Gasteiger partial charge in [-0.25, -0.2) is 9.18 Å². The average Bonchev–Trinajstić information content (AvgIpc) is 2.97. The molecule has 2 aromatic rings. The van der Waals surface area contributed by atoms with E-state index in [9.17, 15) is 14.0 Å². The number of cyclic esters (lactones) is 1. The predicted molar refractivity (Wildman–Crippen MR) is 86.0 cm³/mol. The molecule has 6 heteroatoms. The molecule has 5 nitrogen and oxygen atoms in total. The van der Waals surface area contributed by atoms with Crippen molar-refractivity contribution >= 4 is 12.0 Å². The molecule has 1 fully saturated rings. The number of benzene rings is 2. The molecule has 1 saturated heterocycles. The normalized spacial score (nSPS) is 16.8. The third-order valence-electron chi connectivity index (χ3n) is 3.83. The molecular weight excluding hydrogens is 311 g/mol. The van der Waals surface area contributed by atoms with Gasteiger partial charge in [-0.1, -0.05) is 30.3 Å². The number of hydrogen-bond acceptors (Lipinski definition) is 3. The Morgan fingerprint density at radius 2 is 1.88 bits per heavy atom. The van der Waals surface area contributed by atoms with E-state index in [1.807, 2.05) is 30.3 Å². The molecule has 3 rings (SSSR count). The standard InChI is InChI=1S/C18H17FN2O3/c19-15-8-6-14(7-9-15)17(22)20-10-11-21-12-16(24-18(21)23)13-4-2-1-3-5-13/h1-9,16H,10-12H2,(H,20,22). The Bertz CT molecular complexity index is 719. The van der Waals surface area contributed by atoms with Gasteiger partial charge in [0.25, 0.3) is 5.91 Å². The Balaban J connectivity index is 1.49. The van der Waals surface area contributed by atoms with Crippen LogP contribution < -0.4 is 5.32 Å². The van der Waals surface area contributed by atoms with Crippen molar-refractivity contribution in [3.8, 4) is 0 Å². The fourth-order valence-electron chi connectivity index (χ4n) is 2.54. The first kappa shape index (κ1) is 16.0. The number of ether oxygens (including phenoxy) is 1. The van der Waals surface area contributed by atoms with Gasteiger partial charge in [0.1, 0.15) is 11.9 Å². The van der Waals surface area contributed by atoms with E-state index >= 15 is 0 Å². The van der Waals surface area contributed by atoms with E-state index in [0.29, 0.717) is 25.2 Å². The summed E-state index contributed by atoms with van der Waals surface area (Å²) in [7, 11) is 0. The van der Waals surface area contributed by atoms with Crippen LogP contribution in [-0.4, -0.2) is 36.5 Å². The highest BCUT2D eigenvalue weighted by Gasteiger charge is 2.31. The van der Waals surface area contributed by atoms with Crippen LogP contribution in [0.1, 0.15) is 22.0 Å². The molecule has 1 aliphatic heterocycles. The Morgan fingerprint density at radius 1 is 1.17 bits per heavy atom. The summed E-state index contributed by atoms with van der Waals surface area (Å²) >= 11 is 0. The van der Waals surface area contributed by atoms with E-state index in [-0.39, 0.29) is 18.1 Å². The van der Waals surface area contributed by atoms with Crippen LogP contribution in [0.4, 0.5) is 9.18 Å². The highest BCUT2D eigenvalue weighted by molar-refractivity contribution is 5.94. The summed E-state index contributed by atoms with van der Waals surface area (Å²) in [4.78, 5) is 25.4. The molecule has 0 aliphatic carbocycles. The number of nitrogens with one attached hydrogen (secondary N) is 1. The maximum absolute atomic E-state index is 12.8. The lowest BCUT2D eigenvalue weighted by Crippen LogP contribution is -2.35. The largest absolute Gasteiger partial charge is 0.439 e. The van der Waals surface area contributed by atoms with Gasteiger partial charge in [-0.15, -0.1) is 0 Å². The van der Waals surface area contributed by atoms with Gasteiger partial charge in [-0.3, -0.25) is 4.79 Å². The zero-order valence-electron chi connectivity index (χ0n) is 12.9. The lowest BCUT2D eigenvalue weighted by atomic mass is 10.1. The lowest BCUT2D eigenvalue weighted by molar-refractivity contribution is 0.0948. The van der Waals surface area contributed by atoms with Crippen molar-refractivity contribution in [1.29, 1.82) is 0 Å². The van der Waals surface area contributed by atoms with E-state index in [1.54, 1.807) is 4.90 Å². The molecule has 1 unspecified atom stereocenters. The molecule has 0 saturated carbocycles. The molecule has 0 bridgehead atoms. The van der Waals surface area contributed by atoms with Crippen LogP contribution in [0.5, 0.6) is 0 Å². The van der Waals surface area contributed by atoms with Gasteiger partial charge in [0.15, 0.2) is 0 Å². The van der Waals surface area contributed by atoms with E-state index < -0.39 is 5.82 Å². The third-order valence-corrected chi connectivity index (χ3v) is 3.83. The van der Waals surface area contributed by atoms with E-state index in [4.69, 9.17) is 4.74 Å². The maximum atomic E-state index is 12.8. The smallest absolute Gasteiger partial charge is 0.410 e. The van der Waals surface area contributed by atoms with Crippen LogP contribution in [0.15, 0.2) is 54.6 Å². The second-order valence-corrected chi connectivity index (χ2v) is 5.49. The van der Waals surface area contributed by atoms with E-state index in [1.165, 1.54) is 24.3 Å². The molecular formula is C18H17FN2O3. The minimum Gasteiger partial charge on any atom is -0.439 e. The minimum absolute atomic E-state index is 0.286. The molecule has 0 aromatic heterocycles. The summed E-state index contributed by atoms with van der Waals surface area (Å²) < 4.78 is 18.2. The zero-order valence-corrected chi connectivity index (χ0v) is 12.9. The molecule has 24 heavy (non-hydrogen) atoms. The van der Waals surface area contributed by atoms with Crippen molar-refractivity contribution < 1.29 is 18.7 Å². The van der Waals surface area contributed by atoms with Gasteiger partial charge >= 0.3 is 6.09 Å². The molecule has 1 aliphatic rings. The van der Waals surface area contributed by atoms with Gasteiger partial charge in [-0.2, -0.15) is 0 Å². The van der Waals surface area contributed by atoms with Gasteiger partial charge in [0, 0.05) is 18.7 Å². The number of carbonyl (C=O) groups excluding carboxylic acids is 2. The molecule has 124 valence electrons. The summed E-state index contributed by atoms with van der Waals surface area (Å²) in [5, 5.41) is 2.71. The summed E-state index contributed by atoms with van der Waals surface area (Å²) in [6.45, 7) is 1.11. The summed E-state index contributed by atoms with van der Waals surface area (Å²) in [6.07, 6.45) is -0.675. The molecule has 2 aromatic carbocycles. The third kappa shape index (κ3) is 3.71. The first-order valence-electron chi connectivity index (χ1n) is 7.68. The molecule has 0 spiro atoms. The highest BCUT2D eigenvalue weighted by atomic mass is 19.1. The molecule has 0 radical (unpaired) electrons. The predicted octanol–water partition coefficient (Wildman–Crippen LogP) is 2.75. The molecule has 2 amide bonds. The highest BCUT2D eigenvalue weighted by Crippen LogP contribution is 2.25. The molecule has 1 atom stereocenters. The van der Waals surface area contributed by atoms with Crippen molar-refractivity contribution in [3.63, 3.8) is 0 Å². The van der Waals surface area contributed by atoms with Crippen molar-refractivity contribution in [1.82, 2.24) is 10.2 Å². The monoisotopic (exact) mass is 328 g/mol. The van der Waals surface area contributed by atoms with Crippen molar-refractivity contribution in [2.75, 3.05) is 19.6 Å². The minimum atomic E-state index is -0.390. The Kier molecular flexibility index (Phi) is 4.74. The summed E-state index contributed by atoms with van der Waals surface area (Å²) in [5.74, 6) is -0.694. The van der Waals surface area contributed by atoms with Gasteiger partial charge in [-0.05, 0) is 29.8 Å². The van der Waals surface area contributed by atoms with Gasteiger partial charge < -0.3 is 15.0 Å². The number of hydrogen-bond donors (Lipinski definition) is 1. The van der Waals surface area contributed by atoms with Gasteiger partial charge in [0.05, 0.1) is 6.54 Å². The quantitative estimate of drug-likeness (QED) is 0.918. The van der Waals surface area contributed by atoms with Crippen molar-refractivity contribution in [3.05, 3.63) is 71.5 Å². The SMILES string of the molecule is O=C(NCCN1CC(c2ccccc2)OC1=O)c1ccc(F)cc1. The van der Waals surface area contributed by atoms with Crippen molar-refractivity contribution in [2.45, 2.75) is 6.10 Å². The molecule has 1 heterocycles. The van der Waals surface area contributed by atoms with Crippen LogP contribution >= 0.6 is 0 Å². The Hall–Kier alpha value is -2.89. The van der Waals surface area contributed by atoms with Crippen LogP contribution in [0.25, 0.3) is 0 Å². The number of nitrogens with zero attached hydrogens (tertiary/aromatic N) is 1. The average molecular weight is 328 g/mol. The lowest BCUT2D eigenvalue weighted by Gasteiger charge is -2.13. The zero-order chi connectivity index (χ0) is 16.9. The number of halogens is 1. The fraction of sp³-hybridized carbons (Fsp3) is 0.222. The van der Waals surface area contributed by atoms with Crippen LogP contribution in [0.3, 0.4) is 0 Å². The fourth-order valence-corrected chi connectivity index (χ4v) is 2.54. The second-order valence-electron chi connectivity index (χ2n) is 5.49. The summed E-state index contributed by atoms with van der Waals surface area (Å²) in [6, 6.07) is 14.8. The Morgan fingerprint density at radius 3 is 2.58 bits per heavy atom. The first-order valence-corrected chi connectivity index (χ1v) is 7.68. The Labute approximate surface area is 139 Å². The van der Waals surface area contributed by atoms with Gasteiger partial charge in [0.2, 0.25) is 0 Å². The van der Waals surface area contributed by atoms with Crippen LogP contribution in [-0.2, 0) is 4.74 Å². The van der Waals surface area contributed by atoms with Crippen LogP contribution in [0.2, 0.25) is 0 Å². The maximum Gasteiger partial charge on any atom is 0.410 e. The molecule has 1 N–H and O–H groups in total. The number of amides is 2. The first-order chi connectivity index (χ1) is 11.6. The van der Waals surface area contributed by atoms with E-state index in [2.05, 4.69) is 5.32 Å². The van der Waals surface area contributed by atoms with Crippen LogP contribution in [0, 0.1) is 5.82 Å². The van der Waals surface area contributed by atoms with Crippen molar-refractivity contribution in [2.24, 2.45) is 0 Å².